The molecule has 0 aliphatic rings. The number of halogens is 9. The minimum Gasteiger partial charge on any atom is -0.429 e. The van der Waals surface area contributed by atoms with Gasteiger partial charge < -0.3 is 4.74 Å². The van der Waals surface area contributed by atoms with Crippen LogP contribution in [0.15, 0.2) is 42.5 Å². The van der Waals surface area contributed by atoms with Crippen molar-refractivity contribution in [2.24, 2.45) is 0 Å². The highest BCUT2D eigenvalue weighted by Crippen LogP contribution is 2.38. The molecular formula is C23H15F9O. The summed E-state index contributed by atoms with van der Waals surface area (Å²) in [5.41, 5.74) is -2.20. The summed E-state index contributed by atoms with van der Waals surface area (Å²) < 4.78 is 127. The third-order valence-corrected chi connectivity index (χ3v) is 4.66. The number of benzene rings is 3. The summed E-state index contributed by atoms with van der Waals surface area (Å²) in [5, 5.41) is -0.284. The van der Waals surface area contributed by atoms with Gasteiger partial charge >= 0.3 is 12.3 Å². The lowest BCUT2D eigenvalue weighted by molar-refractivity contribution is -0.189. The van der Waals surface area contributed by atoms with E-state index in [1.807, 2.05) is 6.92 Å². The van der Waals surface area contributed by atoms with Gasteiger partial charge in [0, 0.05) is 29.2 Å². The minimum absolute atomic E-state index is 0.0355. The van der Waals surface area contributed by atoms with Crippen LogP contribution in [0, 0.1) is 23.3 Å². The van der Waals surface area contributed by atoms with E-state index in [1.165, 1.54) is 18.2 Å². The molecule has 0 aliphatic carbocycles. The second kappa shape index (κ2) is 8.99. The van der Waals surface area contributed by atoms with Crippen molar-refractivity contribution >= 4 is 16.8 Å². The van der Waals surface area contributed by atoms with Gasteiger partial charge in [0.25, 0.3) is 0 Å². The van der Waals surface area contributed by atoms with Crippen LogP contribution in [-0.2, 0) is 12.5 Å². The molecule has 0 saturated carbocycles. The van der Waals surface area contributed by atoms with Gasteiger partial charge in [0.15, 0.2) is 0 Å². The van der Waals surface area contributed by atoms with Crippen LogP contribution in [0.3, 0.4) is 0 Å². The van der Waals surface area contributed by atoms with E-state index in [9.17, 15) is 39.5 Å². The lowest BCUT2D eigenvalue weighted by atomic mass is 10.0. The van der Waals surface area contributed by atoms with E-state index in [-0.39, 0.29) is 29.0 Å². The van der Waals surface area contributed by atoms with Crippen molar-refractivity contribution in [3.63, 3.8) is 0 Å². The van der Waals surface area contributed by atoms with Crippen molar-refractivity contribution in [3.8, 4) is 5.75 Å². The Hall–Kier alpha value is -3.17. The monoisotopic (exact) mass is 478 g/mol. The van der Waals surface area contributed by atoms with Gasteiger partial charge in [-0.05, 0) is 29.5 Å². The maximum Gasteiger partial charge on any atom is 0.432 e. The molecule has 3 rings (SSSR count). The van der Waals surface area contributed by atoms with E-state index in [1.54, 1.807) is 0 Å². The Balaban J connectivity index is 1.99. The Morgan fingerprint density at radius 2 is 1.48 bits per heavy atom. The normalized spacial score (nSPS) is 12.7. The van der Waals surface area contributed by atoms with E-state index in [0.29, 0.717) is 12.5 Å². The molecule has 0 saturated heterocycles. The number of hydrogen-bond donors (Lipinski definition) is 0. The third kappa shape index (κ3) is 5.43. The molecule has 176 valence electrons. The average molecular weight is 478 g/mol. The molecule has 3 aromatic carbocycles. The molecule has 0 bridgehead atoms. The highest BCUT2D eigenvalue weighted by molar-refractivity contribution is 5.85. The van der Waals surface area contributed by atoms with Gasteiger partial charge in [0.05, 0.1) is 0 Å². The fraction of sp³-hybridized carbons (Fsp3) is 0.217. The first-order valence-electron chi connectivity index (χ1n) is 9.55. The van der Waals surface area contributed by atoms with Crippen molar-refractivity contribution in [1.29, 1.82) is 0 Å². The van der Waals surface area contributed by atoms with E-state index in [2.05, 4.69) is 4.74 Å². The summed E-state index contributed by atoms with van der Waals surface area (Å²) in [7, 11) is 0. The molecule has 1 nitrogen and oxygen atoms in total. The third-order valence-electron chi connectivity index (χ3n) is 4.66. The van der Waals surface area contributed by atoms with Gasteiger partial charge in [-0.15, -0.1) is 0 Å². The summed E-state index contributed by atoms with van der Waals surface area (Å²) in [6.45, 7) is 1.89. The maximum absolute atomic E-state index is 14.8. The molecule has 0 heterocycles. The molecule has 10 heteroatoms. The highest BCUT2D eigenvalue weighted by atomic mass is 19.4. The van der Waals surface area contributed by atoms with Crippen LogP contribution in [0.2, 0.25) is 0 Å². The van der Waals surface area contributed by atoms with Crippen LogP contribution in [0.4, 0.5) is 39.5 Å². The Morgan fingerprint density at radius 1 is 0.848 bits per heavy atom. The topological polar surface area (TPSA) is 9.23 Å². The SMILES string of the molecule is CCCc1ccc2c(F)c(C(F)(F)Oc3cc(F)c(/C=C/C(F)(F)F)c(F)c3)c(F)cc2c1. The lowest BCUT2D eigenvalue weighted by Gasteiger charge is -2.20. The molecule has 0 atom stereocenters. The standard InChI is InChI=1S/C23H15F9O/c1-2-3-12-4-5-15-13(8-12)9-19(26)20(21(15)27)23(31,32)33-14-10-17(24)16(18(25)11-14)6-7-22(28,29)30/h4-11H,2-3H2,1H3/b7-6+. The van der Waals surface area contributed by atoms with Crippen LogP contribution in [0.1, 0.15) is 30.0 Å². The number of hydrogen-bond acceptors (Lipinski definition) is 1. The molecule has 0 aromatic heterocycles. The number of allylic oxidation sites excluding steroid dienone is 1. The summed E-state index contributed by atoms with van der Waals surface area (Å²) in [6.07, 6.45) is -8.60. The second-order valence-electron chi connectivity index (χ2n) is 7.15. The molecule has 0 amide bonds. The molecule has 3 aromatic rings. The maximum atomic E-state index is 14.8. The van der Waals surface area contributed by atoms with Crippen LogP contribution in [0.25, 0.3) is 16.8 Å². The first kappa shape index (κ1) is 24.5. The molecule has 0 fully saturated rings. The molecular weight excluding hydrogens is 463 g/mol. The van der Waals surface area contributed by atoms with Crippen LogP contribution in [0.5, 0.6) is 5.75 Å². The average Bonchev–Trinajstić information content (AvgIpc) is 2.65. The minimum atomic E-state index is -4.87. The predicted octanol–water partition coefficient (Wildman–Crippen LogP) is 8.05. The Bertz CT molecular complexity index is 1190. The highest BCUT2D eigenvalue weighted by Gasteiger charge is 2.42. The van der Waals surface area contributed by atoms with Crippen molar-refractivity contribution in [1.82, 2.24) is 0 Å². The van der Waals surface area contributed by atoms with Gasteiger partial charge in [-0.3, -0.25) is 0 Å². The molecule has 0 aliphatic heterocycles. The summed E-state index contributed by atoms with van der Waals surface area (Å²) in [5.74, 6) is -7.75. The van der Waals surface area contributed by atoms with Gasteiger partial charge in [0.1, 0.15) is 34.6 Å². The van der Waals surface area contributed by atoms with Gasteiger partial charge in [-0.1, -0.05) is 31.5 Å². The number of alkyl halides is 5. The van der Waals surface area contributed by atoms with Crippen molar-refractivity contribution in [2.75, 3.05) is 0 Å². The molecule has 0 N–H and O–H groups in total. The van der Waals surface area contributed by atoms with Crippen LogP contribution in [-0.4, -0.2) is 6.18 Å². The number of aryl methyl sites for hydroxylation is 1. The number of fused-ring (bicyclic) bond motifs is 1. The largest absolute Gasteiger partial charge is 0.432 e. The summed E-state index contributed by atoms with van der Waals surface area (Å²) >= 11 is 0. The lowest BCUT2D eigenvalue weighted by Crippen LogP contribution is -2.25. The van der Waals surface area contributed by atoms with E-state index in [0.717, 1.165) is 12.0 Å². The Labute approximate surface area is 182 Å². The second-order valence-corrected chi connectivity index (χ2v) is 7.15. The molecule has 33 heavy (non-hydrogen) atoms. The summed E-state index contributed by atoms with van der Waals surface area (Å²) in [4.78, 5) is 0. The fourth-order valence-electron chi connectivity index (χ4n) is 3.25. The van der Waals surface area contributed by atoms with Gasteiger partial charge in [0.2, 0.25) is 0 Å². The first-order valence-corrected chi connectivity index (χ1v) is 9.55. The van der Waals surface area contributed by atoms with Crippen LogP contribution < -0.4 is 4.74 Å². The quantitative estimate of drug-likeness (QED) is 0.326. The van der Waals surface area contributed by atoms with Gasteiger partial charge in [-0.2, -0.15) is 22.0 Å². The number of ether oxygens (including phenoxy) is 1. The zero-order valence-corrected chi connectivity index (χ0v) is 16.8. The fourth-order valence-corrected chi connectivity index (χ4v) is 3.25. The van der Waals surface area contributed by atoms with Crippen molar-refractivity contribution in [2.45, 2.75) is 32.1 Å². The molecule has 0 spiro atoms. The summed E-state index contributed by atoms with van der Waals surface area (Å²) in [6, 6.07) is 5.20. The van der Waals surface area contributed by atoms with E-state index >= 15 is 0 Å². The zero-order chi connectivity index (χ0) is 24.6. The van der Waals surface area contributed by atoms with Crippen LogP contribution >= 0.6 is 0 Å². The Kier molecular flexibility index (Phi) is 6.67. The van der Waals surface area contributed by atoms with Crippen molar-refractivity contribution in [3.05, 3.63) is 82.4 Å². The van der Waals surface area contributed by atoms with E-state index < -0.39 is 58.5 Å². The molecule has 0 unspecified atom stereocenters. The first-order chi connectivity index (χ1) is 15.3. The van der Waals surface area contributed by atoms with E-state index in [4.69, 9.17) is 0 Å². The van der Waals surface area contributed by atoms with Gasteiger partial charge in [-0.25, -0.2) is 17.6 Å². The number of rotatable bonds is 6. The van der Waals surface area contributed by atoms with Crippen molar-refractivity contribution < 1.29 is 44.3 Å². The zero-order valence-electron chi connectivity index (χ0n) is 16.8. The predicted molar refractivity (Wildman–Crippen MR) is 104 cm³/mol. The molecule has 0 radical (unpaired) electrons. The Morgan fingerprint density at radius 3 is 2.06 bits per heavy atom. The smallest absolute Gasteiger partial charge is 0.429 e.